The van der Waals surface area contributed by atoms with Crippen molar-refractivity contribution in [3.63, 3.8) is 0 Å². The predicted octanol–water partition coefficient (Wildman–Crippen LogP) is 0.598. The van der Waals surface area contributed by atoms with E-state index in [1.807, 2.05) is 38.2 Å². The van der Waals surface area contributed by atoms with E-state index in [4.69, 9.17) is 14.2 Å². The minimum atomic E-state index is -1.34. The lowest BCUT2D eigenvalue weighted by Crippen LogP contribution is -2.60. The van der Waals surface area contributed by atoms with Crippen LogP contribution in [-0.4, -0.2) is 120 Å². The van der Waals surface area contributed by atoms with E-state index < -0.39 is 41.1 Å². The summed E-state index contributed by atoms with van der Waals surface area (Å²) in [6.07, 6.45) is 8.80. The van der Waals surface area contributed by atoms with Gasteiger partial charge < -0.3 is 29.1 Å². The lowest BCUT2D eigenvalue weighted by molar-refractivity contribution is -0.162. The maximum Gasteiger partial charge on any atom is 0.313 e. The minimum absolute atomic E-state index is 0.0581. The smallest absolute Gasteiger partial charge is 0.313 e. The molecule has 7 atom stereocenters. The highest BCUT2D eigenvalue weighted by atomic mass is 16.6. The normalized spacial score (nSPS) is 37.2. The van der Waals surface area contributed by atoms with Gasteiger partial charge in [-0.1, -0.05) is 44.6 Å². The van der Waals surface area contributed by atoms with Crippen molar-refractivity contribution in [2.24, 2.45) is 17.8 Å². The van der Waals surface area contributed by atoms with Gasteiger partial charge in [0, 0.05) is 32.7 Å². The molecule has 10 nitrogen and oxygen atoms in total. The Hall–Kier alpha value is -2.27. The zero-order valence-electron chi connectivity index (χ0n) is 22.7. The highest BCUT2D eigenvalue weighted by Gasteiger charge is 2.75. The van der Waals surface area contributed by atoms with Gasteiger partial charge in [0.25, 0.3) is 0 Å². The molecule has 0 aromatic carbocycles. The minimum Gasteiger partial charge on any atom is -0.465 e. The second-order valence-electron chi connectivity index (χ2n) is 11.4. The highest BCUT2D eigenvalue weighted by Crippen LogP contribution is 2.57. The summed E-state index contributed by atoms with van der Waals surface area (Å²) < 4.78 is 17.8. The number of amides is 2. The number of ether oxygens (including phenoxy) is 3. The number of aliphatic hydroxyl groups excluding tert-OH is 1. The molecule has 5 aliphatic rings. The van der Waals surface area contributed by atoms with Gasteiger partial charge in [-0.2, -0.15) is 0 Å². The summed E-state index contributed by atoms with van der Waals surface area (Å²) in [7, 11) is 0. The summed E-state index contributed by atoms with van der Waals surface area (Å²) >= 11 is 0. The molecule has 5 heterocycles. The van der Waals surface area contributed by atoms with E-state index in [9.17, 15) is 19.5 Å². The number of rotatable bonds is 7. The Bertz CT molecular complexity index is 995. The Balaban J connectivity index is 1.56. The van der Waals surface area contributed by atoms with Crippen molar-refractivity contribution in [1.82, 2.24) is 14.7 Å². The number of hydrogen-bond acceptors (Lipinski definition) is 8. The van der Waals surface area contributed by atoms with Gasteiger partial charge in [0.15, 0.2) is 0 Å². The van der Waals surface area contributed by atoms with Crippen LogP contribution in [0, 0.1) is 17.8 Å². The fourth-order valence-electron chi connectivity index (χ4n) is 6.93. The quantitative estimate of drug-likeness (QED) is 0.376. The SMILES string of the molecule is CC[C@H](C)[C@H](CO)N1C(=O)[C@@H]2[C@H]3C(=O)OCCC=C[C@@]3(C)O[C@@]23C=CCN(CCN2CCOCC2)C(=O)C13. The summed E-state index contributed by atoms with van der Waals surface area (Å²) in [5, 5.41) is 10.5. The topological polar surface area (TPSA) is 109 Å². The van der Waals surface area contributed by atoms with Crippen LogP contribution in [0.25, 0.3) is 0 Å². The van der Waals surface area contributed by atoms with Gasteiger partial charge in [0.2, 0.25) is 11.8 Å². The molecule has 5 rings (SSSR count). The van der Waals surface area contributed by atoms with Gasteiger partial charge in [0.1, 0.15) is 17.6 Å². The number of likely N-dealkylation sites (tertiary alicyclic amines) is 1. The molecular formula is C28H41N3O7. The van der Waals surface area contributed by atoms with E-state index in [-0.39, 0.29) is 30.9 Å². The molecule has 3 saturated heterocycles. The molecule has 0 aromatic heterocycles. The third-order valence-electron chi connectivity index (χ3n) is 9.18. The van der Waals surface area contributed by atoms with Crippen molar-refractivity contribution >= 4 is 17.8 Å². The van der Waals surface area contributed by atoms with Gasteiger partial charge in [-0.05, 0) is 19.3 Å². The average Bonchev–Trinajstić information content (AvgIpc) is 3.23. The molecule has 0 radical (unpaired) electrons. The number of carbonyl (C=O) groups is 3. The molecule has 38 heavy (non-hydrogen) atoms. The molecule has 1 spiro atoms. The third-order valence-corrected chi connectivity index (χ3v) is 9.18. The van der Waals surface area contributed by atoms with Crippen LogP contribution in [0.5, 0.6) is 0 Å². The monoisotopic (exact) mass is 531 g/mol. The van der Waals surface area contributed by atoms with Gasteiger partial charge in [-0.3, -0.25) is 19.3 Å². The first-order valence-corrected chi connectivity index (χ1v) is 14.0. The number of aliphatic hydroxyl groups is 1. The summed E-state index contributed by atoms with van der Waals surface area (Å²) in [6, 6.07) is -1.56. The Kier molecular flexibility index (Phi) is 7.70. The zero-order chi connectivity index (χ0) is 27.1. The molecule has 0 bridgehead atoms. The van der Waals surface area contributed by atoms with Crippen LogP contribution in [0.2, 0.25) is 0 Å². The second-order valence-corrected chi connectivity index (χ2v) is 11.4. The predicted molar refractivity (Wildman–Crippen MR) is 138 cm³/mol. The number of carbonyl (C=O) groups excluding carboxylic acids is 3. The molecule has 0 aliphatic carbocycles. The molecule has 1 N–H and O–H groups in total. The molecule has 1 unspecified atom stereocenters. The van der Waals surface area contributed by atoms with Crippen LogP contribution >= 0.6 is 0 Å². The lowest BCUT2D eigenvalue weighted by atomic mass is 9.74. The van der Waals surface area contributed by atoms with E-state index >= 15 is 0 Å². The van der Waals surface area contributed by atoms with E-state index in [1.165, 1.54) is 0 Å². The summed E-state index contributed by atoms with van der Waals surface area (Å²) in [5.41, 5.74) is -2.43. The Morgan fingerprint density at radius 3 is 2.53 bits per heavy atom. The third kappa shape index (κ3) is 4.39. The van der Waals surface area contributed by atoms with Crippen LogP contribution in [0.3, 0.4) is 0 Å². The first-order valence-electron chi connectivity index (χ1n) is 14.0. The molecule has 210 valence electrons. The molecule has 5 aliphatic heterocycles. The van der Waals surface area contributed by atoms with Crippen molar-refractivity contribution < 1.29 is 33.7 Å². The van der Waals surface area contributed by atoms with Crippen LogP contribution in [0.4, 0.5) is 0 Å². The fourth-order valence-corrected chi connectivity index (χ4v) is 6.93. The number of nitrogens with zero attached hydrogens (tertiary/aromatic N) is 3. The maximum absolute atomic E-state index is 14.4. The molecular weight excluding hydrogens is 490 g/mol. The van der Waals surface area contributed by atoms with E-state index in [0.29, 0.717) is 39.3 Å². The van der Waals surface area contributed by atoms with Crippen LogP contribution in [0.15, 0.2) is 24.3 Å². The van der Waals surface area contributed by atoms with E-state index in [2.05, 4.69) is 4.90 Å². The Labute approximate surface area is 224 Å². The highest BCUT2D eigenvalue weighted by molar-refractivity contribution is 5.99. The molecule has 0 saturated carbocycles. The molecule has 0 aromatic rings. The Morgan fingerprint density at radius 1 is 1.05 bits per heavy atom. The number of cyclic esters (lactones) is 1. The lowest BCUT2D eigenvalue weighted by Gasteiger charge is -2.42. The number of esters is 1. The van der Waals surface area contributed by atoms with Gasteiger partial charge in [0.05, 0.1) is 44.0 Å². The van der Waals surface area contributed by atoms with Crippen molar-refractivity contribution in [3.05, 3.63) is 24.3 Å². The standard InChI is InChI=1S/C28H41N3O7/c1-4-19(2)20(18-32)31-23-25(34)30(12-11-29-13-16-36-17-14-29)10-7-9-28(23)21(24(31)33)22-26(35)37-15-6-5-8-27(22,3)38-28/h5,7-9,19-23,32H,4,6,10-18H2,1-3H3/t19-,20-,21-,22-,23?,27+,28-/m0/s1. The largest absolute Gasteiger partial charge is 0.465 e. The molecule has 10 heteroatoms. The number of fused-ring (bicyclic) bond motifs is 2. The van der Waals surface area contributed by atoms with E-state index in [0.717, 1.165) is 19.5 Å². The van der Waals surface area contributed by atoms with E-state index in [1.54, 1.807) is 16.7 Å². The summed E-state index contributed by atoms with van der Waals surface area (Å²) in [5.74, 6) is -2.90. The summed E-state index contributed by atoms with van der Waals surface area (Å²) in [6.45, 7) is 10.3. The maximum atomic E-state index is 14.4. The molecule has 3 fully saturated rings. The van der Waals surface area contributed by atoms with Crippen LogP contribution in [0.1, 0.15) is 33.6 Å². The fraction of sp³-hybridized carbons (Fsp3) is 0.750. The number of morpholine rings is 1. The first-order chi connectivity index (χ1) is 18.3. The Morgan fingerprint density at radius 2 is 1.82 bits per heavy atom. The first kappa shape index (κ1) is 27.3. The van der Waals surface area contributed by atoms with Crippen LogP contribution in [-0.2, 0) is 28.6 Å². The van der Waals surface area contributed by atoms with Crippen molar-refractivity contribution in [2.45, 2.75) is 56.9 Å². The average molecular weight is 532 g/mol. The zero-order valence-corrected chi connectivity index (χ0v) is 22.7. The van der Waals surface area contributed by atoms with Crippen molar-refractivity contribution in [1.29, 1.82) is 0 Å². The summed E-state index contributed by atoms with van der Waals surface area (Å²) in [4.78, 5) is 47.7. The van der Waals surface area contributed by atoms with Crippen molar-refractivity contribution in [2.75, 3.05) is 59.2 Å². The van der Waals surface area contributed by atoms with Gasteiger partial charge in [-0.15, -0.1) is 0 Å². The second kappa shape index (κ2) is 10.7. The van der Waals surface area contributed by atoms with Gasteiger partial charge in [-0.25, -0.2) is 0 Å². The van der Waals surface area contributed by atoms with Crippen molar-refractivity contribution in [3.8, 4) is 0 Å². The molecule has 2 amide bonds. The van der Waals surface area contributed by atoms with Crippen LogP contribution < -0.4 is 0 Å². The van der Waals surface area contributed by atoms with Gasteiger partial charge >= 0.3 is 5.97 Å². The number of hydrogen-bond donors (Lipinski definition) is 1.